The van der Waals surface area contributed by atoms with Gasteiger partial charge in [-0.05, 0) is 46.5 Å². The Bertz CT molecular complexity index is 904. The number of amides is 1. The Labute approximate surface area is 146 Å². The second kappa shape index (κ2) is 6.32. The van der Waals surface area contributed by atoms with Crippen LogP contribution >= 0.6 is 15.9 Å². The Kier molecular flexibility index (Phi) is 4.36. The Hall–Kier alpha value is -2.28. The topological polar surface area (TPSA) is 77.7 Å². The average Bonchev–Trinajstić information content (AvgIpc) is 2.59. The fourth-order valence-electron chi connectivity index (χ4n) is 3.13. The molecule has 1 aromatic heterocycles. The monoisotopic (exact) mass is 390 g/mol. The summed E-state index contributed by atoms with van der Waals surface area (Å²) in [7, 11) is 1.58. The lowest BCUT2D eigenvalue weighted by Crippen LogP contribution is -2.25. The number of aromatic nitrogens is 1. The molecule has 0 bridgehead atoms. The van der Waals surface area contributed by atoms with Crippen LogP contribution in [0.3, 0.4) is 0 Å². The number of hydrogen-bond acceptors (Lipinski definition) is 4. The number of nitrogens with zero attached hydrogens (tertiary/aromatic N) is 2. The van der Waals surface area contributed by atoms with Crippen molar-refractivity contribution in [3.05, 3.63) is 55.1 Å². The number of halogens is 1. The van der Waals surface area contributed by atoms with Crippen LogP contribution in [0.4, 0.5) is 0 Å². The molecule has 24 heavy (non-hydrogen) atoms. The van der Waals surface area contributed by atoms with Gasteiger partial charge < -0.3 is 9.30 Å². The van der Waals surface area contributed by atoms with E-state index in [1.54, 1.807) is 7.11 Å². The van der Waals surface area contributed by atoms with Crippen molar-refractivity contribution in [3.8, 4) is 17.0 Å². The Balaban J connectivity index is 2.29. The number of rotatable bonds is 3. The van der Waals surface area contributed by atoms with Gasteiger partial charge in [-0.2, -0.15) is 0 Å². The number of pyridine rings is 1. The molecule has 1 aromatic carbocycles. The summed E-state index contributed by atoms with van der Waals surface area (Å²) in [5.41, 5.74) is 1.99. The van der Waals surface area contributed by atoms with Gasteiger partial charge in [0.05, 0.1) is 17.3 Å². The molecule has 0 N–H and O–H groups in total. The van der Waals surface area contributed by atoms with Crippen molar-refractivity contribution in [2.75, 3.05) is 7.11 Å². The van der Waals surface area contributed by atoms with Crippen LogP contribution in [-0.4, -0.2) is 17.6 Å². The number of carbonyl (C=O) groups is 1. The lowest BCUT2D eigenvalue weighted by molar-refractivity contribution is 0.0999. The molecule has 124 valence electrons. The quantitative estimate of drug-likeness (QED) is 0.748. The lowest BCUT2D eigenvalue weighted by atomic mass is 9.91. The third kappa shape index (κ3) is 2.58. The molecule has 3 rings (SSSR count). The third-order valence-electron chi connectivity index (χ3n) is 4.37. The van der Waals surface area contributed by atoms with Gasteiger partial charge in [-0.1, -0.05) is 6.92 Å². The van der Waals surface area contributed by atoms with E-state index in [4.69, 9.17) is 4.74 Å². The zero-order chi connectivity index (χ0) is 17.4. The van der Waals surface area contributed by atoms with Gasteiger partial charge in [0.1, 0.15) is 11.3 Å². The van der Waals surface area contributed by atoms with Crippen molar-refractivity contribution in [1.29, 1.82) is 0 Å². The Morgan fingerprint density at radius 2 is 2.17 bits per heavy atom. The maximum Gasteiger partial charge on any atom is 0.322 e. The van der Waals surface area contributed by atoms with Crippen molar-refractivity contribution in [1.82, 2.24) is 4.57 Å². The summed E-state index contributed by atoms with van der Waals surface area (Å²) < 4.78 is 8.08. The largest absolute Gasteiger partial charge is 0.496 e. The van der Waals surface area contributed by atoms with Gasteiger partial charge in [-0.15, -0.1) is 4.91 Å². The summed E-state index contributed by atoms with van der Waals surface area (Å²) >= 11 is 3.49. The van der Waals surface area contributed by atoms with E-state index in [2.05, 4.69) is 21.1 Å². The summed E-state index contributed by atoms with van der Waals surface area (Å²) in [4.78, 5) is 34.4. The molecule has 0 saturated heterocycles. The van der Waals surface area contributed by atoms with Gasteiger partial charge in [-0.25, -0.2) is 0 Å². The molecule has 2 aromatic rings. The van der Waals surface area contributed by atoms with Gasteiger partial charge in [0, 0.05) is 29.0 Å². The highest BCUT2D eigenvalue weighted by molar-refractivity contribution is 9.10. The molecule has 0 spiro atoms. The van der Waals surface area contributed by atoms with E-state index in [0.29, 0.717) is 11.4 Å². The maximum atomic E-state index is 12.2. The van der Waals surface area contributed by atoms with E-state index in [1.807, 2.05) is 23.6 Å². The van der Waals surface area contributed by atoms with Gasteiger partial charge >= 0.3 is 5.91 Å². The van der Waals surface area contributed by atoms with Crippen LogP contribution in [0, 0.1) is 4.91 Å². The molecule has 0 saturated carbocycles. The SMILES string of the molecule is CCC1Cc2cc(Br)c(OC)cc2-c2cc(=O)c(C(=O)N=O)cn21. The minimum Gasteiger partial charge on any atom is -0.496 e. The second-order valence-electron chi connectivity index (χ2n) is 5.65. The minimum absolute atomic E-state index is 0.0894. The van der Waals surface area contributed by atoms with E-state index < -0.39 is 11.3 Å². The summed E-state index contributed by atoms with van der Waals surface area (Å²) in [5, 5.41) is 2.37. The molecule has 1 amide bonds. The van der Waals surface area contributed by atoms with Gasteiger partial charge in [0.2, 0.25) is 0 Å². The number of hydrogen-bond donors (Lipinski definition) is 0. The lowest BCUT2D eigenvalue weighted by Gasteiger charge is -2.30. The van der Waals surface area contributed by atoms with Crippen LogP contribution < -0.4 is 10.2 Å². The molecular formula is C17H15BrN2O4. The molecule has 7 heteroatoms. The van der Waals surface area contributed by atoms with E-state index in [9.17, 15) is 14.5 Å². The van der Waals surface area contributed by atoms with Crippen LogP contribution in [0.25, 0.3) is 11.3 Å². The molecular weight excluding hydrogens is 376 g/mol. The summed E-state index contributed by atoms with van der Waals surface area (Å²) in [5.74, 6) is -0.373. The molecule has 0 aliphatic carbocycles. The van der Waals surface area contributed by atoms with Crippen LogP contribution in [0.2, 0.25) is 0 Å². The third-order valence-corrected chi connectivity index (χ3v) is 4.99. The van der Waals surface area contributed by atoms with Crippen molar-refractivity contribution < 1.29 is 9.53 Å². The van der Waals surface area contributed by atoms with Crippen molar-refractivity contribution in [3.63, 3.8) is 0 Å². The van der Waals surface area contributed by atoms with E-state index in [1.165, 1.54) is 12.3 Å². The normalized spacial score (nSPS) is 15.4. The molecule has 2 heterocycles. The van der Waals surface area contributed by atoms with Gasteiger partial charge in [0.15, 0.2) is 5.43 Å². The number of carbonyl (C=O) groups excluding carboxylic acids is 1. The molecule has 0 radical (unpaired) electrons. The molecule has 6 nitrogen and oxygen atoms in total. The minimum atomic E-state index is -1.04. The van der Waals surface area contributed by atoms with Gasteiger partial charge in [-0.3, -0.25) is 9.59 Å². The van der Waals surface area contributed by atoms with Crippen molar-refractivity contribution in [2.24, 2.45) is 5.18 Å². The summed E-state index contributed by atoms with van der Waals surface area (Å²) in [6, 6.07) is 5.35. The van der Waals surface area contributed by atoms with Gasteiger partial charge in [0.25, 0.3) is 0 Å². The highest BCUT2D eigenvalue weighted by atomic mass is 79.9. The summed E-state index contributed by atoms with van der Waals surface area (Å²) in [6.45, 7) is 2.04. The highest BCUT2D eigenvalue weighted by Crippen LogP contribution is 2.40. The number of ether oxygens (including phenoxy) is 1. The molecule has 1 unspecified atom stereocenters. The standard InChI is InChI=1S/C17H15BrN2O4/c1-3-10-4-9-5-13(18)16(24-2)6-11(9)14-7-15(21)12(8-20(10)14)17(22)19-23/h5-8,10H,3-4H2,1-2H3. The number of benzene rings is 1. The predicted molar refractivity (Wildman–Crippen MR) is 93.5 cm³/mol. The number of fused-ring (bicyclic) bond motifs is 3. The number of nitroso groups, excluding NO2 is 1. The first-order valence-corrected chi connectivity index (χ1v) is 8.30. The van der Waals surface area contributed by atoms with E-state index in [-0.39, 0.29) is 11.6 Å². The fourth-order valence-corrected chi connectivity index (χ4v) is 3.68. The molecule has 0 fully saturated rings. The molecule has 1 aliphatic heterocycles. The van der Waals surface area contributed by atoms with Crippen molar-refractivity contribution in [2.45, 2.75) is 25.8 Å². The predicted octanol–water partition coefficient (Wildman–Crippen LogP) is 3.70. The van der Waals surface area contributed by atoms with Crippen LogP contribution in [0.5, 0.6) is 5.75 Å². The smallest absolute Gasteiger partial charge is 0.322 e. The fraction of sp³-hybridized carbons (Fsp3) is 0.294. The first-order chi connectivity index (χ1) is 11.5. The summed E-state index contributed by atoms with van der Waals surface area (Å²) in [6.07, 6.45) is 3.03. The number of methoxy groups -OCH3 is 1. The van der Waals surface area contributed by atoms with Crippen LogP contribution in [-0.2, 0) is 6.42 Å². The van der Waals surface area contributed by atoms with Crippen molar-refractivity contribution >= 4 is 21.8 Å². The zero-order valence-corrected chi connectivity index (χ0v) is 14.8. The first kappa shape index (κ1) is 16.6. The molecule has 1 aliphatic rings. The Morgan fingerprint density at radius 3 is 2.79 bits per heavy atom. The first-order valence-electron chi connectivity index (χ1n) is 7.50. The van der Waals surface area contributed by atoms with Crippen LogP contribution in [0.15, 0.2) is 38.8 Å². The van der Waals surface area contributed by atoms with Crippen LogP contribution in [0.1, 0.15) is 35.3 Å². The Morgan fingerprint density at radius 1 is 1.42 bits per heavy atom. The van der Waals surface area contributed by atoms with E-state index in [0.717, 1.165) is 28.4 Å². The second-order valence-corrected chi connectivity index (χ2v) is 6.50. The highest BCUT2D eigenvalue weighted by Gasteiger charge is 2.26. The zero-order valence-electron chi connectivity index (χ0n) is 13.2. The maximum absolute atomic E-state index is 12.2. The van der Waals surface area contributed by atoms with E-state index >= 15 is 0 Å². The molecule has 1 atom stereocenters. The average molecular weight is 391 g/mol.